The monoisotopic (exact) mass is 1170 g/mol. The maximum absolute atomic E-state index is 12.8. The zero-order chi connectivity index (χ0) is 50.8. The van der Waals surface area contributed by atoms with Gasteiger partial charge in [-0.25, -0.2) is 4.98 Å². The van der Waals surface area contributed by atoms with E-state index in [4.69, 9.17) is 18.8 Å². The van der Waals surface area contributed by atoms with E-state index in [2.05, 4.69) is 208 Å². The number of para-hydroxylation sites is 1. The number of aromatic nitrogens is 3. The molecule has 0 unspecified atom stereocenters. The first kappa shape index (κ1) is 50.2. The van der Waals surface area contributed by atoms with Crippen LogP contribution in [0.25, 0.3) is 106 Å². The number of hydrogen-bond acceptors (Lipinski definition) is 5. The summed E-state index contributed by atoms with van der Waals surface area (Å²) in [7, 11) is -3.96. The summed E-state index contributed by atoms with van der Waals surface area (Å²) in [6.07, 6.45) is 1.83. The van der Waals surface area contributed by atoms with Crippen molar-refractivity contribution in [3.8, 4) is 67.5 Å². The molecular weight excluding hydrogens is 1110 g/mol. The van der Waals surface area contributed by atoms with Crippen LogP contribution < -0.4 is 10.4 Å². The van der Waals surface area contributed by atoms with Gasteiger partial charge in [0.1, 0.15) is 28.3 Å². The fourth-order valence-electron chi connectivity index (χ4n) is 10.5. The van der Waals surface area contributed by atoms with E-state index in [0.717, 1.165) is 88.6 Å². The second-order valence-electron chi connectivity index (χ2n) is 23.6. The minimum absolute atomic E-state index is 0. The summed E-state index contributed by atoms with van der Waals surface area (Å²) >= 11 is 0. The zero-order valence-electron chi connectivity index (χ0n) is 44.3. The second kappa shape index (κ2) is 18.3. The number of rotatable bonds is 10. The number of pyridine rings is 1. The smallest absolute Gasteiger partial charge is 0.156 e. The van der Waals surface area contributed by atoms with Crippen LogP contribution in [-0.4, -0.2) is 35.8 Å². The largest absolute Gasteiger partial charge is 0.507 e. The van der Waals surface area contributed by atoms with Crippen LogP contribution in [0, 0.1) is 6.07 Å². The molecule has 0 spiro atoms. The van der Waals surface area contributed by atoms with Crippen LogP contribution >= 0.6 is 0 Å². The fraction of sp³-hybridized carbons (Fsp3) is 0.250. The third-order valence-corrected chi connectivity index (χ3v) is 18.6. The van der Waals surface area contributed by atoms with Gasteiger partial charge in [0.15, 0.2) is 5.58 Å². The summed E-state index contributed by atoms with van der Waals surface area (Å²) in [5, 5.41) is 17.1. The van der Waals surface area contributed by atoms with Gasteiger partial charge in [-0.15, -0.1) is 29.3 Å². The molecule has 0 aliphatic rings. The molecule has 6 nitrogen and oxygen atoms in total. The molecular formula is C64H64N3O3PtSi2-. The normalized spacial score (nSPS) is 12.6. The van der Waals surface area contributed by atoms with Crippen LogP contribution in [0.3, 0.4) is 0 Å². The van der Waals surface area contributed by atoms with Crippen LogP contribution in [0.2, 0.25) is 39.3 Å². The maximum atomic E-state index is 12.8. The number of fused-ring (bicyclic) bond motifs is 1. The van der Waals surface area contributed by atoms with E-state index in [9.17, 15) is 5.11 Å². The number of nitrogens with zero attached hydrogens (tertiary/aromatic N) is 3. The van der Waals surface area contributed by atoms with Crippen molar-refractivity contribution in [2.75, 3.05) is 0 Å². The zero-order valence-corrected chi connectivity index (χ0v) is 48.6. The molecule has 372 valence electrons. The summed E-state index contributed by atoms with van der Waals surface area (Å²) < 4.78 is 15.7. The van der Waals surface area contributed by atoms with Gasteiger partial charge in [0, 0.05) is 26.8 Å². The van der Waals surface area contributed by atoms with Crippen LogP contribution in [0.4, 0.5) is 0 Å². The van der Waals surface area contributed by atoms with Crippen molar-refractivity contribution in [2.24, 2.45) is 0 Å². The number of furan rings is 2. The molecule has 0 saturated heterocycles. The van der Waals surface area contributed by atoms with E-state index in [0.29, 0.717) is 22.6 Å². The van der Waals surface area contributed by atoms with Crippen molar-refractivity contribution in [3.63, 3.8) is 0 Å². The fourth-order valence-corrected chi connectivity index (χ4v) is 13.3. The number of aromatic hydroxyl groups is 1. The quantitative estimate of drug-likeness (QED) is 0.109. The second-order valence-corrected chi connectivity index (χ2v) is 33.7. The van der Waals surface area contributed by atoms with E-state index in [-0.39, 0.29) is 38.3 Å². The van der Waals surface area contributed by atoms with Crippen LogP contribution in [0.1, 0.15) is 77.0 Å². The van der Waals surface area contributed by atoms with Crippen LogP contribution in [0.5, 0.6) is 5.75 Å². The Bertz CT molecular complexity index is 3850. The Morgan fingerprint density at radius 2 is 1.19 bits per heavy atom. The van der Waals surface area contributed by atoms with Crippen molar-refractivity contribution >= 4 is 70.7 Å². The molecule has 0 aliphatic carbocycles. The molecule has 9 heteroatoms. The molecule has 0 fully saturated rings. The Hall–Kier alpha value is -6.32. The van der Waals surface area contributed by atoms with Crippen molar-refractivity contribution in [1.29, 1.82) is 0 Å². The predicted octanol–water partition coefficient (Wildman–Crippen LogP) is 17.0. The first-order valence-corrected chi connectivity index (χ1v) is 32.5. The van der Waals surface area contributed by atoms with Gasteiger partial charge in [-0.05, 0) is 92.2 Å². The maximum Gasteiger partial charge on any atom is 0.156 e. The molecule has 0 atom stereocenters. The van der Waals surface area contributed by atoms with Gasteiger partial charge in [0.2, 0.25) is 0 Å². The molecule has 0 amide bonds. The number of hydrogen-bond donors (Lipinski definition) is 1. The molecule has 0 radical (unpaired) electrons. The van der Waals surface area contributed by atoms with Gasteiger partial charge in [-0.2, -0.15) is 0 Å². The molecule has 7 aromatic carbocycles. The van der Waals surface area contributed by atoms with E-state index in [1.54, 1.807) is 0 Å². The summed E-state index contributed by atoms with van der Waals surface area (Å²) in [6, 6.07) is 49.5. The van der Waals surface area contributed by atoms with E-state index in [1.165, 1.54) is 27.4 Å². The molecule has 11 aromatic rings. The topological polar surface area (TPSA) is 77.2 Å². The molecule has 4 aromatic heterocycles. The first-order valence-electron chi connectivity index (χ1n) is 25.5. The average Bonchev–Trinajstić information content (AvgIpc) is 4.05. The molecule has 73 heavy (non-hydrogen) atoms. The number of phenolic OH excluding ortho intramolecular Hbond substituents is 1. The van der Waals surface area contributed by atoms with Gasteiger partial charge >= 0.3 is 0 Å². The van der Waals surface area contributed by atoms with Crippen molar-refractivity contribution < 1.29 is 35.0 Å². The Morgan fingerprint density at radius 3 is 1.77 bits per heavy atom. The molecule has 0 aliphatic heterocycles. The third kappa shape index (κ3) is 8.73. The summed E-state index contributed by atoms with van der Waals surface area (Å²) in [5.74, 6) is 1.42. The Morgan fingerprint density at radius 1 is 0.603 bits per heavy atom. The van der Waals surface area contributed by atoms with Crippen molar-refractivity contribution in [3.05, 3.63) is 156 Å². The molecule has 0 saturated carbocycles. The van der Waals surface area contributed by atoms with Gasteiger partial charge < -0.3 is 13.9 Å². The molecule has 1 N–H and O–H groups in total. The molecule has 11 rings (SSSR count). The number of benzene rings is 7. The summed E-state index contributed by atoms with van der Waals surface area (Å²) in [5.41, 5.74) is 17.9. The van der Waals surface area contributed by atoms with Gasteiger partial charge in [0.05, 0.1) is 55.4 Å². The third-order valence-electron chi connectivity index (χ3n) is 14.6. The number of imidazole rings is 1. The summed E-state index contributed by atoms with van der Waals surface area (Å²) in [6.45, 7) is 30.1. The predicted molar refractivity (Wildman–Crippen MR) is 308 cm³/mol. The van der Waals surface area contributed by atoms with Crippen LogP contribution in [0.15, 0.2) is 142 Å². The minimum Gasteiger partial charge on any atom is -0.507 e. The number of phenols is 1. The minimum atomic E-state index is -2.06. The van der Waals surface area contributed by atoms with Crippen LogP contribution in [-0.2, 0) is 26.5 Å². The Kier molecular flexibility index (Phi) is 12.6. The molecule has 0 bridgehead atoms. The van der Waals surface area contributed by atoms with E-state index in [1.807, 2.05) is 24.4 Å². The Balaban J connectivity index is 0.00000611. The van der Waals surface area contributed by atoms with Gasteiger partial charge in [-0.1, -0.05) is 183 Å². The van der Waals surface area contributed by atoms with E-state index < -0.39 is 16.1 Å². The van der Waals surface area contributed by atoms with Crippen molar-refractivity contribution in [1.82, 2.24) is 14.5 Å². The molecule has 4 heterocycles. The standard InChI is InChI=1S/C64H64N3O3Si2.Pt/c1-37(2)48-30-41(39-21-16-14-17-22-39)31-49(38(3)4)60(48)67-51-26-20-25-47(59(51)66-63(67)50-34-46(71(8,9)10)35-55(61(50)68)72(11,12)13)43-27-44(29-45(28-43)64(5,6)7)58-62-57-54(36-65-58)69-52-32-42(33-53(70-62)56(52)57)40-23-18-15-19-24-40;/h14-26,28-38,68H,1-13H3;/q-1;. The van der Waals surface area contributed by atoms with Gasteiger partial charge in [0.25, 0.3) is 0 Å². The average molecular weight is 1170 g/mol. The van der Waals surface area contributed by atoms with Gasteiger partial charge in [-0.3, -0.25) is 9.55 Å². The van der Waals surface area contributed by atoms with Crippen molar-refractivity contribution in [2.45, 2.75) is 105 Å². The SMILES string of the molecule is CC(C)c1cc(-c2ccccc2)cc(C(C)C)c1-n1c(-c2cc([Si](C)(C)C)cc([Si](C)(C)C)c2O)nc2c(-c3[c-]c(-c4ncc5oc6cc(-c7ccccc7)cc7oc4c5c67)cc(C(C)(C)C)c3)cccc21.[Pt]. The van der Waals surface area contributed by atoms with E-state index >= 15 is 0 Å². The Labute approximate surface area is 446 Å². The first-order chi connectivity index (χ1) is 34.2. The summed E-state index contributed by atoms with van der Waals surface area (Å²) in [4.78, 5) is 10.9.